The van der Waals surface area contributed by atoms with E-state index in [1.807, 2.05) is 29.0 Å². The number of esters is 1. The molecule has 1 aromatic heterocycles. The number of amides is 2. The van der Waals surface area contributed by atoms with E-state index in [1.54, 1.807) is 6.20 Å². The van der Waals surface area contributed by atoms with Crippen molar-refractivity contribution in [3.8, 4) is 0 Å². The van der Waals surface area contributed by atoms with Crippen molar-refractivity contribution in [3.63, 3.8) is 0 Å². The summed E-state index contributed by atoms with van der Waals surface area (Å²) in [6.07, 6.45) is 1.65. The first-order valence-electron chi connectivity index (χ1n) is 11.2. The fourth-order valence-corrected chi connectivity index (χ4v) is 4.46. The van der Waals surface area contributed by atoms with E-state index >= 15 is 0 Å². The molecule has 4 rings (SSSR count). The van der Waals surface area contributed by atoms with Crippen molar-refractivity contribution in [1.29, 1.82) is 0 Å². The van der Waals surface area contributed by atoms with Crippen molar-refractivity contribution in [2.45, 2.75) is 43.9 Å². The molecule has 2 fully saturated rings. The number of piperidine rings is 2. The number of carbonyl (C=O) groups excluding carboxylic acids is 2. The minimum absolute atomic E-state index is 0.0672. The molecule has 3 aliphatic rings. The molecular formula is C22H29F3N4O5. The topological polar surface area (TPSA) is 103 Å². The largest absolute Gasteiger partial charge is 0.490 e. The van der Waals surface area contributed by atoms with Gasteiger partial charge >= 0.3 is 24.1 Å². The van der Waals surface area contributed by atoms with Gasteiger partial charge in [-0.25, -0.2) is 19.4 Å². The number of carbonyl (C=O) groups is 3. The number of nitrogens with zero attached hydrogens (tertiary/aromatic N) is 4. The zero-order valence-electron chi connectivity index (χ0n) is 19.0. The summed E-state index contributed by atoms with van der Waals surface area (Å²) in [5, 5.41) is 7.12. The molecule has 0 aliphatic carbocycles. The predicted octanol–water partition coefficient (Wildman–Crippen LogP) is 2.71. The molecule has 0 radical (unpaired) electrons. The Kier molecular flexibility index (Phi) is 8.01. The second-order valence-corrected chi connectivity index (χ2v) is 8.68. The van der Waals surface area contributed by atoms with Gasteiger partial charge in [-0.3, -0.25) is 0 Å². The van der Waals surface area contributed by atoms with Crippen molar-refractivity contribution in [3.05, 3.63) is 29.6 Å². The maximum Gasteiger partial charge on any atom is 0.490 e. The fourth-order valence-electron chi connectivity index (χ4n) is 4.46. The molecule has 0 aromatic carbocycles. The van der Waals surface area contributed by atoms with E-state index in [-0.39, 0.29) is 12.0 Å². The van der Waals surface area contributed by atoms with Gasteiger partial charge in [0.05, 0.1) is 0 Å². The summed E-state index contributed by atoms with van der Waals surface area (Å²) in [6.45, 7) is 5.17. The molecule has 4 heterocycles. The number of likely N-dealkylation sites (tertiary alicyclic amines) is 2. The SMILES string of the molecule is CN(CCN1CCCCC1)C(=O)N1CCC2(CC1)OC(=O)c1ncccc12.O=C(O)C(F)(F)F. The summed E-state index contributed by atoms with van der Waals surface area (Å²) < 4.78 is 37.5. The summed E-state index contributed by atoms with van der Waals surface area (Å²) in [7, 11) is 1.88. The fraction of sp³-hybridized carbons (Fsp3) is 0.636. The number of hydrogen-bond donors (Lipinski definition) is 1. The number of urea groups is 1. The Bertz CT molecular complexity index is 897. The lowest BCUT2D eigenvalue weighted by Gasteiger charge is -2.40. The van der Waals surface area contributed by atoms with Gasteiger partial charge in [-0.05, 0) is 32.0 Å². The van der Waals surface area contributed by atoms with Crippen LogP contribution in [0.4, 0.5) is 18.0 Å². The Morgan fingerprint density at radius 2 is 1.79 bits per heavy atom. The third-order valence-corrected chi connectivity index (χ3v) is 6.39. The van der Waals surface area contributed by atoms with E-state index in [2.05, 4.69) is 9.88 Å². The van der Waals surface area contributed by atoms with E-state index in [9.17, 15) is 22.8 Å². The van der Waals surface area contributed by atoms with Gasteiger partial charge in [-0.15, -0.1) is 0 Å². The highest BCUT2D eigenvalue weighted by molar-refractivity contribution is 5.92. The second-order valence-electron chi connectivity index (χ2n) is 8.68. The summed E-state index contributed by atoms with van der Waals surface area (Å²) in [6, 6.07) is 3.83. The van der Waals surface area contributed by atoms with Gasteiger partial charge in [0.25, 0.3) is 0 Å². The van der Waals surface area contributed by atoms with E-state index in [4.69, 9.17) is 14.6 Å². The number of alkyl halides is 3. The summed E-state index contributed by atoms with van der Waals surface area (Å²) in [4.78, 5) is 44.1. The third kappa shape index (κ3) is 5.96. The van der Waals surface area contributed by atoms with Crippen LogP contribution in [0.15, 0.2) is 18.3 Å². The van der Waals surface area contributed by atoms with Crippen molar-refractivity contribution in [1.82, 2.24) is 19.7 Å². The van der Waals surface area contributed by atoms with Crippen molar-refractivity contribution >= 4 is 18.0 Å². The molecule has 1 aromatic rings. The molecule has 1 spiro atoms. The molecule has 188 valence electrons. The zero-order valence-corrected chi connectivity index (χ0v) is 19.0. The van der Waals surface area contributed by atoms with Crippen LogP contribution in [0.25, 0.3) is 0 Å². The van der Waals surface area contributed by atoms with E-state index in [0.717, 1.165) is 31.7 Å². The lowest BCUT2D eigenvalue weighted by molar-refractivity contribution is -0.192. The third-order valence-electron chi connectivity index (χ3n) is 6.39. The monoisotopic (exact) mass is 486 g/mol. The Morgan fingerprint density at radius 3 is 2.38 bits per heavy atom. The molecule has 9 nitrogen and oxygen atoms in total. The first kappa shape index (κ1) is 25.7. The van der Waals surface area contributed by atoms with Crippen molar-refractivity contribution in [2.24, 2.45) is 0 Å². The number of hydrogen-bond acceptors (Lipinski definition) is 6. The minimum atomic E-state index is -5.08. The van der Waals surface area contributed by atoms with Gasteiger partial charge in [0.15, 0.2) is 5.69 Å². The highest BCUT2D eigenvalue weighted by atomic mass is 19.4. The van der Waals surface area contributed by atoms with Crippen LogP contribution < -0.4 is 0 Å². The first-order valence-corrected chi connectivity index (χ1v) is 11.2. The number of pyridine rings is 1. The predicted molar refractivity (Wildman–Crippen MR) is 114 cm³/mol. The molecule has 0 unspecified atom stereocenters. The van der Waals surface area contributed by atoms with Gasteiger partial charge in [0.2, 0.25) is 0 Å². The maximum atomic E-state index is 12.8. The zero-order chi connectivity index (χ0) is 24.9. The number of likely N-dealkylation sites (N-methyl/N-ethyl adjacent to an activating group) is 1. The number of carboxylic acids is 1. The molecule has 0 bridgehead atoms. The van der Waals surface area contributed by atoms with Crippen LogP contribution in [-0.2, 0) is 15.1 Å². The van der Waals surface area contributed by atoms with E-state index < -0.39 is 17.7 Å². The lowest BCUT2D eigenvalue weighted by Crippen LogP contribution is -2.50. The normalized spacial score (nSPS) is 19.6. The van der Waals surface area contributed by atoms with Gasteiger partial charge in [0, 0.05) is 57.8 Å². The van der Waals surface area contributed by atoms with Crippen LogP contribution in [0, 0.1) is 0 Å². The van der Waals surface area contributed by atoms with Gasteiger partial charge in [0.1, 0.15) is 5.60 Å². The number of carboxylic acid groups (broad SMARTS) is 1. The number of aromatic nitrogens is 1. The molecule has 12 heteroatoms. The standard InChI is InChI=1S/C20H28N4O3.C2HF3O2/c1-22(14-15-23-10-3-2-4-11-23)19(26)24-12-7-20(8-13-24)16-6-5-9-21-17(16)18(25)27-20;3-2(4,5)1(6)7/h5-6,9H,2-4,7-8,10-15H2,1H3;(H,6,7). The lowest BCUT2D eigenvalue weighted by atomic mass is 9.85. The quantitative estimate of drug-likeness (QED) is 0.656. The van der Waals surface area contributed by atoms with Gasteiger partial charge in [-0.2, -0.15) is 13.2 Å². The highest BCUT2D eigenvalue weighted by Gasteiger charge is 2.48. The van der Waals surface area contributed by atoms with Crippen LogP contribution >= 0.6 is 0 Å². The Balaban J connectivity index is 0.000000406. The van der Waals surface area contributed by atoms with E-state index in [0.29, 0.717) is 31.6 Å². The number of halogens is 3. The number of ether oxygens (including phenoxy) is 1. The molecule has 0 saturated carbocycles. The molecule has 1 N–H and O–H groups in total. The summed E-state index contributed by atoms with van der Waals surface area (Å²) in [5.74, 6) is -3.10. The Morgan fingerprint density at radius 1 is 1.18 bits per heavy atom. The van der Waals surface area contributed by atoms with Crippen molar-refractivity contribution in [2.75, 3.05) is 46.3 Å². The molecule has 0 atom stereocenters. The molecule has 2 saturated heterocycles. The maximum absolute atomic E-state index is 12.8. The van der Waals surface area contributed by atoms with Crippen LogP contribution in [-0.4, -0.2) is 95.3 Å². The van der Waals surface area contributed by atoms with Crippen LogP contribution in [0.3, 0.4) is 0 Å². The van der Waals surface area contributed by atoms with Gasteiger partial charge in [-0.1, -0.05) is 12.5 Å². The molecule has 2 amide bonds. The second kappa shape index (κ2) is 10.6. The molecule has 34 heavy (non-hydrogen) atoms. The van der Waals surface area contributed by atoms with Crippen LogP contribution in [0.5, 0.6) is 0 Å². The average Bonchev–Trinajstić information content (AvgIpc) is 3.09. The number of fused-ring (bicyclic) bond motifs is 2. The minimum Gasteiger partial charge on any atom is -0.475 e. The first-order chi connectivity index (χ1) is 16.0. The van der Waals surface area contributed by atoms with Crippen LogP contribution in [0.1, 0.15) is 48.2 Å². The van der Waals surface area contributed by atoms with Gasteiger partial charge < -0.3 is 24.5 Å². The van der Waals surface area contributed by atoms with Crippen LogP contribution in [0.2, 0.25) is 0 Å². The summed E-state index contributed by atoms with van der Waals surface area (Å²) >= 11 is 0. The molecular weight excluding hydrogens is 457 g/mol. The number of rotatable bonds is 3. The smallest absolute Gasteiger partial charge is 0.475 e. The average molecular weight is 486 g/mol. The highest BCUT2D eigenvalue weighted by Crippen LogP contribution is 2.43. The van der Waals surface area contributed by atoms with E-state index in [1.165, 1.54) is 19.3 Å². The Labute approximate surface area is 195 Å². The summed E-state index contributed by atoms with van der Waals surface area (Å²) in [5.41, 5.74) is 0.695. The number of aliphatic carboxylic acids is 1. The molecule has 3 aliphatic heterocycles. The van der Waals surface area contributed by atoms with Crippen molar-refractivity contribution < 1.29 is 37.4 Å². The Hall–Kier alpha value is -2.89.